The molecule has 0 aromatic rings. The third-order valence-electron chi connectivity index (χ3n) is 1.91. The molecular weight excluding hydrogens is 169 g/mol. The van der Waals surface area contributed by atoms with Crippen molar-refractivity contribution >= 4 is 0 Å². The van der Waals surface area contributed by atoms with Gasteiger partial charge in [0.2, 0.25) is 5.79 Å². The summed E-state index contributed by atoms with van der Waals surface area (Å²) in [5, 5.41) is 45.0. The van der Waals surface area contributed by atoms with Crippen molar-refractivity contribution in [1.29, 1.82) is 0 Å². The van der Waals surface area contributed by atoms with E-state index in [4.69, 9.17) is 20.4 Å². The Morgan fingerprint density at radius 1 is 1.33 bits per heavy atom. The molecule has 0 saturated carbocycles. The molecule has 1 aliphatic rings. The summed E-state index contributed by atoms with van der Waals surface area (Å²) >= 11 is 0. The van der Waals surface area contributed by atoms with Crippen LogP contribution in [0.5, 0.6) is 0 Å². The molecule has 0 spiro atoms. The molecule has 0 aliphatic carbocycles. The normalized spacial score (nSPS) is 49.2. The van der Waals surface area contributed by atoms with Crippen LogP contribution in [0.3, 0.4) is 0 Å². The lowest BCUT2D eigenvalue weighted by Gasteiger charge is -2.40. The Kier molecular flexibility index (Phi) is 2.67. The average molecular weight is 181 g/mol. The maximum atomic E-state index is 9.24. The smallest absolute Gasteiger partial charge is 0.218 e. The van der Waals surface area contributed by atoms with Gasteiger partial charge in [0.05, 0.1) is 13.2 Å². The summed E-state index contributed by atoms with van der Waals surface area (Å²) in [6.45, 7) is -1.16. The van der Waals surface area contributed by atoms with Crippen LogP contribution >= 0.6 is 0 Å². The van der Waals surface area contributed by atoms with Crippen LogP contribution in [0.2, 0.25) is 0 Å². The number of ether oxygens (including phenoxy) is 1. The average Bonchev–Trinajstić information content (AvgIpc) is 2.09. The van der Waals surface area contributed by atoms with Gasteiger partial charge in [0, 0.05) is 0 Å². The van der Waals surface area contributed by atoms with Gasteiger partial charge in [-0.3, -0.25) is 0 Å². The van der Waals surface area contributed by atoms with Gasteiger partial charge < -0.3 is 30.3 Å². The molecule has 1 heterocycles. The quantitative estimate of drug-likeness (QED) is 0.272. The van der Waals surface area contributed by atoms with Crippen LogP contribution in [0.25, 0.3) is 0 Å². The monoisotopic (exact) mass is 181 g/mol. The van der Waals surface area contributed by atoms with E-state index in [-0.39, 0.29) is 6.61 Å². The first-order valence-electron chi connectivity index (χ1n) is 3.52. The van der Waals surface area contributed by atoms with Gasteiger partial charge in [-0.15, -0.1) is 0 Å². The van der Waals surface area contributed by atoms with E-state index in [1.807, 2.05) is 0 Å². The van der Waals surface area contributed by atoms with Crippen molar-refractivity contribution in [3.63, 3.8) is 0 Å². The van der Waals surface area contributed by atoms with Gasteiger partial charge in [0.25, 0.3) is 0 Å². The third kappa shape index (κ3) is 1.45. The summed E-state index contributed by atoms with van der Waals surface area (Å²) < 4.78 is 4.56. The zero-order valence-corrected chi connectivity index (χ0v) is 6.29. The Hall–Kier alpha value is -0.240. The van der Waals surface area contributed by atoms with Gasteiger partial charge in [0.1, 0.15) is 18.3 Å². The molecular formula is C6H12O6. The topological polar surface area (TPSA) is 110 Å². The van der Waals surface area contributed by atoms with E-state index in [1.54, 1.807) is 0 Å². The molecule has 5 N–H and O–H groups in total. The van der Waals surface area contributed by atoms with Crippen LogP contribution in [-0.2, 0) is 4.74 Å². The van der Waals surface area contributed by atoms with E-state index in [0.29, 0.717) is 0 Å². The van der Waals surface area contributed by atoms with Gasteiger partial charge in [-0.2, -0.15) is 0 Å². The molecule has 0 aromatic heterocycles. The second-order valence-corrected chi connectivity index (χ2v) is 2.82. The van der Waals surface area contributed by atoms with E-state index in [1.165, 1.54) is 0 Å². The van der Waals surface area contributed by atoms with Crippen LogP contribution < -0.4 is 0 Å². The minimum Gasteiger partial charge on any atom is -0.391 e. The lowest BCUT2D eigenvalue weighted by molar-refractivity contribution is -0.331. The highest BCUT2D eigenvalue weighted by Gasteiger charge is 2.47. The SMILES string of the molecule is OCC1(O)OC[C@H](O)[13C@@H](O)[C@@H]1O. The summed E-state index contributed by atoms with van der Waals surface area (Å²) in [7, 11) is 0. The molecule has 72 valence electrons. The van der Waals surface area contributed by atoms with Crippen molar-refractivity contribution in [2.45, 2.75) is 24.1 Å². The van der Waals surface area contributed by atoms with Crippen LogP contribution in [-0.4, -0.2) is 62.8 Å². The molecule has 1 saturated heterocycles. The molecule has 6 nitrogen and oxygen atoms in total. The molecule has 1 unspecified atom stereocenters. The summed E-state index contributed by atoms with van der Waals surface area (Å²) in [5.41, 5.74) is 0. The molecule has 0 aromatic carbocycles. The Morgan fingerprint density at radius 3 is 2.42 bits per heavy atom. The van der Waals surface area contributed by atoms with Crippen LogP contribution in [0, 0.1) is 0 Å². The van der Waals surface area contributed by atoms with Crippen LogP contribution in [0.15, 0.2) is 0 Å². The second kappa shape index (κ2) is 3.25. The summed E-state index contributed by atoms with van der Waals surface area (Å²) in [4.78, 5) is 0. The van der Waals surface area contributed by atoms with Gasteiger partial charge in [-0.05, 0) is 0 Å². The second-order valence-electron chi connectivity index (χ2n) is 2.82. The molecule has 4 atom stereocenters. The number of rotatable bonds is 1. The van der Waals surface area contributed by atoms with Gasteiger partial charge in [-0.25, -0.2) is 0 Å². The highest BCUT2D eigenvalue weighted by Crippen LogP contribution is 2.22. The van der Waals surface area contributed by atoms with Gasteiger partial charge in [0.15, 0.2) is 0 Å². The first-order chi connectivity index (χ1) is 5.51. The molecule has 0 radical (unpaired) electrons. The number of hydrogen-bond acceptors (Lipinski definition) is 6. The lowest BCUT2D eigenvalue weighted by Crippen LogP contribution is -2.62. The standard InChI is InChI=1S/C6H12O6/c7-2-6(11)5(10)4(9)3(8)1-12-6/h3-5,7-11H,1-2H2/t3-,4+,5-,6?/m0/s1/i4+1. The van der Waals surface area contributed by atoms with E-state index >= 15 is 0 Å². The van der Waals surface area contributed by atoms with Gasteiger partial charge >= 0.3 is 0 Å². The van der Waals surface area contributed by atoms with Crippen LogP contribution in [0.4, 0.5) is 0 Å². The van der Waals surface area contributed by atoms with E-state index < -0.39 is 30.7 Å². The zero-order valence-electron chi connectivity index (χ0n) is 6.29. The lowest BCUT2D eigenvalue weighted by atomic mass is 10.1. The summed E-state index contributed by atoms with van der Waals surface area (Å²) in [6, 6.07) is 0. The van der Waals surface area contributed by atoms with E-state index in [0.717, 1.165) is 0 Å². The minimum atomic E-state index is -2.17. The molecule has 0 bridgehead atoms. The fraction of sp³-hybridized carbons (Fsp3) is 1.00. The van der Waals surface area contributed by atoms with Crippen molar-refractivity contribution < 1.29 is 30.3 Å². The maximum absolute atomic E-state index is 9.24. The van der Waals surface area contributed by atoms with Crippen molar-refractivity contribution in [2.75, 3.05) is 13.2 Å². The molecule has 0 amide bonds. The fourth-order valence-corrected chi connectivity index (χ4v) is 1.03. The Bertz CT molecular complexity index is 162. The first-order valence-corrected chi connectivity index (χ1v) is 3.52. The van der Waals surface area contributed by atoms with E-state index in [9.17, 15) is 5.11 Å². The predicted molar refractivity (Wildman–Crippen MR) is 36.0 cm³/mol. The van der Waals surface area contributed by atoms with Crippen LogP contribution in [0.1, 0.15) is 0 Å². The van der Waals surface area contributed by atoms with E-state index in [2.05, 4.69) is 4.74 Å². The van der Waals surface area contributed by atoms with Gasteiger partial charge in [-0.1, -0.05) is 0 Å². The highest BCUT2D eigenvalue weighted by molar-refractivity contribution is 4.90. The third-order valence-corrected chi connectivity index (χ3v) is 1.91. The number of aliphatic hydroxyl groups excluding tert-OH is 4. The largest absolute Gasteiger partial charge is 0.391 e. The Labute approximate surface area is 68.6 Å². The summed E-state index contributed by atoms with van der Waals surface area (Å²) in [5.74, 6) is -2.17. The molecule has 6 heteroatoms. The molecule has 1 aliphatic heterocycles. The Morgan fingerprint density at radius 2 is 1.92 bits per heavy atom. The molecule has 12 heavy (non-hydrogen) atoms. The maximum Gasteiger partial charge on any atom is 0.218 e. The highest BCUT2D eigenvalue weighted by atomic mass is 16.7. The number of aliphatic hydroxyl groups is 5. The van der Waals surface area contributed by atoms with Crippen molar-refractivity contribution in [3.8, 4) is 0 Å². The zero-order chi connectivity index (χ0) is 9.35. The number of hydrogen-bond donors (Lipinski definition) is 5. The summed E-state index contributed by atoms with van der Waals surface area (Å²) in [6.07, 6.45) is -4.45. The molecule has 1 rings (SSSR count). The van der Waals surface area contributed by atoms with Crippen molar-refractivity contribution in [2.24, 2.45) is 0 Å². The molecule has 1 fully saturated rings. The Balaban J connectivity index is 2.71. The predicted octanol–water partition coefficient (Wildman–Crippen LogP) is -3.22. The van der Waals surface area contributed by atoms with Crippen molar-refractivity contribution in [3.05, 3.63) is 0 Å². The van der Waals surface area contributed by atoms with Crippen molar-refractivity contribution in [1.82, 2.24) is 0 Å². The minimum absolute atomic E-state index is 0.324. The fourth-order valence-electron chi connectivity index (χ4n) is 1.03. The first kappa shape index (κ1) is 9.85.